The second kappa shape index (κ2) is 12.8. The molecule has 1 atom stereocenters. The lowest BCUT2D eigenvalue weighted by atomic mass is 10.0. The van der Waals surface area contributed by atoms with Crippen molar-refractivity contribution in [3.63, 3.8) is 0 Å². The van der Waals surface area contributed by atoms with Crippen LogP contribution in [0.5, 0.6) is 11.6 Å². The van der Waals surface area contributed by atoms with Crippen molar-refractivity contribution in [3.05, 3.63) is 86.6 Å². The number of anilines is 1. The molecule has 40 heavy (non-hydrogen) atoms. The minimum absolute atomic E-state index is 0.200. The molecule has 0 aliphatic rings. The van der Waals surface area contributed by atoms with E-state index in [0.29, 0.717) is 30.6 Å². The van der Waals surface area contributed by atoms with Crippen LogP contribution in [0.3, 0.4) is 0 Å². The molecule has 0 fully saturated rings. The van der Waals surface area contributed by atoms with Crippen LogP contribution in [0, 0.1) is 5.92 Å². The minimum atomic E-state index is -0.820. The van der Waals surface area contributed by atoms with Crippen molar-refractivity contribution in [2.24, 2.45) is 5.92 Å². The number of benzene rings is 1. The largest absolute Gasteiger partial charge is 0.464 e. The molecule has 0 saturated heterocycles. The Morgan fingerprint density at radius 2 is 1.70 bits per heavy atom. The zero-order chi connectivity index (χ0) is 28.8. The molecule has 210 valence electrons. The molecule has 2 heterocycles. The molecule has 0 saturated carbocycles. The average Bonchev–Trinajstić information content (AvgIpc) is 2.94. The second-order valence-electron chi connectivity index (χ2n) is 10.0. The van der Waals surface area contributed by atoms with Crippen molar-refractivity contribution in [2.75, 3.05) is 24.7 Å². The number of nitrogens with zero attached hydrogens (tertiary/aromatic N) is 4. The number of pyridine rings is 2. The predicted octanol–water partition coefficient (Wildman–Crippen LogP) is 4.45. The van der Waals surface area contributed by atoms with Gasteiger partial charge in [0.05, 0.1) is 12.0 Å². The van der Waals surface area contributed by atoms with Gasteiger partial charge in [-0.2, -0.15) is 0 Å². The fourth-order valence-corrected chi connectivity index (χ4v) is 4.77. The van der Waals surface area contributed by atoms with Gasteiger partial charge in [0, 0.05) is 43.7 Å². The summed E-state index contributed by atoms with van der Waals surface area (Å²) in [5.74, 6) is 1.07. The molecule has 0 spiro atoms. The molecule has 0 aliphatic carbocycles. The highest BCUT2D eigenvalue weighted by atomic mass is 16.5. The van der Waals surface area contributed by atoms with Gasteiger partial charge >= 0.3 is 5.97 Å². The maximum absolute atomic E-state index is 13.1. The van der Waals surface area contributed by atoms with Gasteiger partial charge in [-0.15, -0.1) is 0 Å². The first-order valence-corrected chi connectivity index (χ1v) is 13.8. The summed E-state index contributed by atoms with van der Waals surface area (Å²) in [4.78, 5) is 46.3. The maximum Gasteiger partial charge on any atom is 0.330 e. The van der Waals surface area contributed by atoms with Crippen molar-refractivity contribution in [3.8, 4) is 11.6 Å². The smallest absolute Gasteiger partial charge is 0.330 e. The van der Waals surface area contributed by atoms with Crippen LogP contribution < -0.4 is 20.6 Å². The molecular weight excluding hydrogens is 508 g/mol. The van der Waals surface area contributed by atoms with E-state index in [2.05, 4.69) is 24.9 Å². The number of hydrogen-bond acceptors (Lipinski definition) is 9. The van der Waals surface area contributed by atoms with Crippen molar-refractivity contribution in [2.45, 2.75) is 53.5 Å². The molecule has 0 bridgehead atoms. The highest BCUT2D eigenvalue weighted by molar-refractivity contribution is 5.86. The van der Waals surface area contributed by atoms with E-state index in [9.17, 15) is 14.4 Å². The van der Waals surface area contributed by atoms with Gasteiger partial charge in [0.25, 0.3) is 0 Å². The van der Waals surface area contributed by atoms with Crippen LogP contribution in [0.25, 0.3) is 10.8 Å². The first-order valence-electron chi connectivity index (χ1n) is 13.8. The number of aromatic nitrogens is 2. The zero-order valence-electron chi connectivity index (χ0n) is 23.7. The molecule has 0 radical (unpaired) electrons. The third-order valence-corrected chi connectivity index (χ3v) is 6.70. The Morgan fingerprint density at radius 1 is 0.975 bits per heavy atom. The van der Waals surface area contributed by atoms with Crippen molar-refractivity contribution >= 4 is 22.4 Å². The third kappa shape index (κ3) is 6.37. The summed E-state index contributed by atoms with van der Waals surface area (Å²) in [6.07, 6.45) is 4.60. The molecule has 2 aromatic heterocycles. The van der Waals surface area contributed by atoms with E-state index >= 15 is 0 Å². The Bertz CT molecular complexity index is 1520. The number of hydrazine groups is 1. The molecule has 9 nitrogen and oxygen atoms in total. The predicted molar refractivity (Wildman–Crippen MR) is 155 cm³/mol. The van der Waals surface area contributed by atoms with E-state index in [-0.39, 0.29) is 18.7 Å². The molecule has 0 amide bonds. The van der Waals surface area contributed by atoms with Gasteiger partial charge in [-0.05, 0) is 54.5 Å². The summed E-state index contributed by atoms with van der Waals surface area (Å²) in [7, 11) is 0. The van der Waals surface area contributed by atoms with E-state index in [4.69, 9.17) is 14.5 Å². The summed E-state index contributed by atoms with van der Waals surface area (Å²) in [5.41, 5.74) is 0.838. The summed E-state index contributed by atoms with van der Waals surface area (Å²) < 4.78 is 11.6. The van der Waals surface area contributed by atoms with E-state index in [1.165, 1.54) is 6.07 Å². The lowest BCUT2D eigenvalue weighted by Crippen LogP contribution is -2.57. The molecule has 1 unspecified atom stereocenters. The molecule has 0 aliphatic heterocycles. The van der Waals surface area contributed by atoms with Crippen molar-refractivity contribution in [1.82, 2.24) is 15.0 Å². The van der Waals surface area contributed by atoms with Crippen LogP contribution in [0.1, 0.15) is 45.9 Å². The Hall–Kier alpha value is -4.11. The van der Waals surface area contributed by atoms with Crippen LogP contribution in [0.2, 0.25) is 0 Å². The average molecular weight is 545 g/mol. The van der Waals surface area contributed by atoms with E-state index in [1.807, 2.05) is 49.2 Å². The topological polar surface area (TPSA) is 102 Å². The summed E-state index contributed by atoms with van der Waals surface area (Å²) in [5, 5.41) is 5.32. The van der Waals surface area contributed by atoms with Gasteiger partial charge in [0.1, 0.15) is 17.5 Å². The fourth-order valence-electron chi connectivity index (χ4n) is 4.77. The molecule has 4 rings (SSSR count). The Kier molecular flexibility index (Phi) is 9.26. The number of esters is 1. The van der Waals surface area contributed by atoms with Crippen LogP contribution in [-0.4, -0.2) is 46.7 Å². The quantitative estimate of drug-likeness (QED) is 0.137. The number of carbonyl (C=O) groups excluding carboxylic acids is 1. The fraction of sp³-hybridized carbons (Fsp3) is 0.387. The molecule has 0 N–H and O–H groups in total. The first-order chi connectivity index (χ1) is 19.2. The van der Waals surface area contributed by atoms with Crippen LogP contribution in [-0.2, 0) is 22.4 Å². The normalized spacial score (nSPS) is 12.3. The van der Waals surface area contributed by atoms with Gasteiger partial charge in [-0.1, -0.05) is 39.8 Å². The number of ether oxygens (including phenoxy) is 2. The van der Waals surface area contributed by atoms with Gasteiger partial charge in [0.15, 0.2) is 0 Å². The third-order valence-electron chi connectivity index (χ3n) is 6.70. The van der Waals surface area contributed by atoms with E-state index in [0.717, 1.165) is 28.5 Å². The van der Waals surface area contributed by atoms with E-state index in [1.54, 1.807) is 24.3 Å². The highest BCUT2D eigenvalue weighted by Gasteiger charge is 2.34. The Labute approximate surface area is 234 Å². The molecule has 2 aromatic carbocycles. The summed E-state index contributed by atoms with van der Waals surface area (Å²) in [6, 6.07) is 11.9. The standard InChI is InChI=1S/C31H36N4O5/c1-6-34(7-2)35(26-18-28(36)29(26)37)27(31(38)39-8-3)16-21-9-11-24(12-10-21)40-30-25-19-32-14-13-22(25)17-23(33-30)15-20(4)5/h9-14,17-20,27H,6-8,15-16H2,1-5H3. The Morgan fingerprint density at radius 3 is 2.30 bits per heavy atom. The van der Waals surface area contributed by atoms with Crippen molar-refractivity contribution < 1.29 is 14.3 Å². The minimum Gasteiger partial charge on any atom is -0.464 e. The maximum atomic E-state index is 13.1. The molecule has 9 heteroatoms. The van der Waals surface area contributed by atoms with Crippen LogP contribution in [0.15, 0.2) is 64.4 Å². The van der Waals surface area contributed by atoms with Crippen molar-refractivity contribution in [1.29, 1.82) is 0 Å². The number of fused-ring (bicyclic) bond motifs is 1. The zero-order valence-corrected chi connectivity index (χ0v) is 23.7. The van der Waals surface area contributed by atoms with E-state index < -0.39 is 22.9 Å². The number of carbonyl (C=O) groups is 1. The molecular formula is C31H36N4O5. The summed E-state index contributed by atoms with van der Waals surface area (Å²) in [6.45, 7) is 11.2. The number of hydrogen-bond donors (Lipinski definition) is 0. The summed E-state index contributed by atoms with van der Waals surface area (Å²) >= 11 is 0. The first kappa shape index (κ1) is 28.9. The SMILES string of the molecule is CCOC(=O)C(Cc1ccc(Oc2nc(CC(C)C)cc3ccncc23)cc1)N(c1cc(=O)c1=O)N(CC)CC. The van der Waals surface area contributed by atoms with Crippen LogP contribution >= 0.6 is 0 Å². The lowest BCUT2D eigenvalue weighted by Gasteiger charge is -2.40. The van der Waals surface area contributed by atoms with Gasteiger partial charge in [-0.25, -0.2) is 14.8 Å². The second-order valence-corrected chi connectivity index (χ2v) is 10.0. The van der Waals surface area contributed by atoms with Gasteiger partial charge in [0.2, 0.25) is 16.7 Å². The lowest BCUT2D eigenvalue weighted by molar-refractivity contribution is -0.145. The van der Waals surface area contributed by atoms with Gasteiger partial charge in [-0.3, -0.25) is 19.6 Å². The monoisotopic (exact) mass is 544 g/mol. The number of rotatable bonds is 13. The Balaban J connectivity index is 1.62. The van der Waals surface area contributed by atoms with Crippen LogP contribution in [0.4, 0.5) is 5.69 Å². The molecule has 4 aromatic rings. The van der Waals surface area contributed by atoms with Gasteiger partial charge < -0.3 is 9.47 Å². The highest BCUT2D eigenvalue weighted by Crippen LogP contribution is 2.30.